The van der Waals surface area contributed by atoms with Gasteiger partial charge in [-0.05, 0) is 6.92 Å². The third kappa shape index (κ3) is 1.85. The summed E-state index contributed by atoms with van der Waals surface area (Å²) in [6.45, 7) is 1.72. The van der Waals surface area contributed by atoms with Gasteiger partial charge in [0.1, 0.15) is 18.2 Å². The van der Waals surface area contributed by atoms with E-state index in [1.165, 1.54) is 6.26 Å². The Bertz CT molecular complexity index is 488. The van der Waals surface area contributed by atoms with Gasteiger partial charge in [-0.1, -0.05) is 10.3 Å². The second-order valence-electron chi connectivity index (χ2n) is 2.90. The summed E-state index contributed by atoms with van der Waals surface area (Å²) in [6, 6.07) is 0. The van der Waals surface area contributed by atoms with Crippen LogP contribution >= 0.6 is 0 Å². The number of nitrogens with zero attached hydrogens (tertiary/aromatic N) is 3. The molecule has 78 valence electrons. The molecule has 7 heteroatoms. The topological polar surface area (TPSA) is 102 Å². The summed E-state index contributed by atoms with van der Waals surface area (Å²) >= 11 is 0. The molecule has 0 saturated heterocycles. The molecule has 7 nitrogen and oxygen atoms in total. The first-order chi connectivity index (χ1) is 7.16. The van der Waals surface area contributed by atoms with Gasteiger partial charge in [-0.25, -0.2) is 0 Å². The van der Waals surface area contributed by atoms with Gasteiger partial charge in [0, 0.05) is 0 Å². The molecular formula is C8H7N3O4. The molecule has 2 aromatic rings. The number of carboxylic acids is 1. The number of rotatable bonds is 3. The number of hydrogen-bond donors (Lipinski definition) is 1. The van der Waals surface area contributed by atoms with E-state index in [0.29, 0.717) is 11.3 Å². The van der Waals surface area contributed by atoms with E-state index >= 15 is 0 Å². The maximum Gasteiger partial charge on any atom is 0.311 e. The number of aliphatic carboxylic acids is 1. The van der Waals surface area contributed by atoms with E-state index in [2.05, 4.69) is 15.3 Å². The lowest BCUT2D eigenvalue weighted by molar-refractivity contribution is -0.136. The van der Waals surface area contributed by atoms with E-state index in [1.807, 2.05) is 0 Å². The number of aromatic nitrogens is 3. The third-order valence-electron chi connectivity index (χ3n) is 1.76. The minimum atomic E-state index is -1.01. The Morgan fingerprint density at radius 3 is 2.93 bits per heavy atom. The van der Waals surface area contributed by atoms with E-state index in [9.17, 15) is 4.79 Å². The monoisotopic (exact) mass is 209 g/mol. The zero-order chi connectivity index (χ0) is 10.8. The fraction of sp³-hybridized carbons (Fsp3) is 0.250. The molecule has 0 fully saturated rings. The van der Waals surface area contributed by atoms with E-state index in [4.69, 9.17) is 14.2 Å². The second-order valence-corrected chi connectivity index (χ2v) is 2.90. The molecule has 2 heterocycles. The Kier molecular flexibility index (Phi) is 2.20. The van der Waals surface area contributed by atoms with Crippen LogP contribution < -0.4 is 0 Å². The van der Waals surface area contributed by atoms with Crippen molar-refractivity contribution in [3.8, 4) is 11.5 Å². The van der Waals surface area contributed by atoms with E-state index < -0.39 is 5.97 Å². The van der Waals surface area contributed by atoms with Crippen LogP contribution in [0.3, 0.4) is 0 Å². The van der Waals surface area contributed by atoms with Crippen LogP contribution in [0.15, 0.2) is 15.3 Å². The summed E-state index contributed by atoms with van der Waals surface area (Å²) in [4.78, 5) is 14.3. The molecule has 0 spiro atoms. The Hall–Kier alpha value is -2.18. The summed E-state index contributed by atoms with van der Waals surface area (Å²) < 4.78 is 9.56. The summed E-state index contributed by atoms with van der Waals surface area (Å²) in [6.07, 6.45) is 1.10. The molecule has 0 aliphatic heterocycles. The first-order valence-electron chi connectivity index (χ1n) is 4.12. The van der Waals surface area contributed by atoms with Crippen LogP contribution in [0.2, 0.25) is 0 Å². The van der Waals surface area contributed by atoms with Crippen molar-refractivity contribution in [1.29, 1.82) is 0 Å². The summed E-state index contributed by atoms with van der Waals surface area (Å²) in [5.41, 5.74) is 1.18. The largest absolute Gasteiger partial charge is 0.481 e. The van der Waals surface area contributed by atoms with Gasteiger partial charge in [0.25, 0.3) is 5.89 Å². The van der Waals surface area contributed by atoms with Crippen molar-refractivity contribution in [3.05, 3.63) is 17.8 Å². The first-order valence-corrected chi connectivity index (χ1v) is 4.12. The van der Waals surface area contributed by atoms with Crippen molar-refractivity contribution in [2.75, 3.05) is 0 Å². The minimum Gasteiger partial charge on any atom is -0.481 e. The molecule has 1 N–H and O–H groups in total. The molecule has 0 amide bonds. The van der Waals surface area contributed by atoms with Crippen molar-refractivity contribution in [2.45, 2.75) is 13.3 Å². The average Bonchev–Trinajstić information content (AvgIpc) is 2.72. The highest BCUT2D eigenvalue weighted by atomic mass is 16.5. The molecule has 0 saturated carbocycles. The van der Waals surface area contributed by atoms with Gasteiger partial charge in [0.05, 0.1) is 5.69 Å². The average molecular weight is 209 g/mol. The molecule has 0 aromatic carbocycles. The molecule has 0 unspecified atom stereocenters. The molecule has 2 rings (SSSR count). The molecule has 0 radical (unpaired) electrons. The Labute approximate surface area is 83.7 Å². The van der Waals surface area contributed by atoms with Crippen molar-refractivity contribution < 1.29 is 18.9 Å². The van der Waals surface area contributed by atoms with Gasteiger partial charge < -0.3 is 14.2 Å². The fourth-order valence-electron chi connectivity index (χ4n) is 1.07. The van der Waals surface area contributed by atoms with E-state index in [0.717, 1.165) is 0 Å². The summed E-state index contributed by atoms with van der Waals surface area (Å²) in [5.74, 6) is -0.674. The van der Waals surface area contributed by atoms with Gasteiger partial charge in [-0.2, -0.15) is 4.98 Å². The normalized spacial score (nSPS) is 10.5. The zero-order valence-electron chi connectivity index (χ0n) is 7.80. The molecule has 15 heavy (non-hydrogen) atoms. The molecular weight excluding hydrogens is 202 g/mol. The lowest BCUT2D eigenvalue weighted by atomic mass is 10.3. The molecule has 0 bridgehead atoms. The SMILES string of the molecule is Cc1nocc1-c1nc(CC(=O)O)no1. The van der Waals surface area contributed by atoms with Crippen LogP contribution in [-0.4, -0.2) is 26.4 Å². The lowest BCUT2D eigenvalue weighted by Crippen LogP contribution is -2.01. The predicted molar refractivity (Wildman–Crippen MR) is 45.9 cm³/mol. The van der Waals surface area contributed by atoms with Crippen LogP contribution in [0, 0.1) is 6.92 Å². The van der Waals surface area contributed by atoms with Crippen molar-refractivity contribution in [3.63, 3.8) is 0 Å². The van der Waals surface area contributed by atoms with Gasteiger partial charge in [0.2, 0.25) is 0 Å². The lowest BCUT2D eigenvalue weighted by Gasteiger charge is -1.85. The Morgan fingerprint density at radius 1 is 1.53 bits per heavy atom. The van der Waals surface area contributed by atoms with Crippen LogP contribution in [0.25, 0.3) is 11.5 Å². The fourth-order valence-corrected chi connectivity index (χ4v) is 1.07. The standard InChI is InChI=1S/C8H7N3O4/c1-4-5(3-14-10-4)8-9-6(11-15-8)2-7(12)13/h3H,2H2,1H3,(H,12,13). The van der Waals surface area contributed by atoms with Crippen molar-refractivity contribution >= 4 is 5.97 Å². The van der Waals surface area contributed by atoms with Gasteiger partial charge in [-0.15, -0.1) is 0 Å². The highest BCUT2D eigenvalue weighted by molar-refractivity contribution is 5.69. The minimum absolute atomic E-state index is 0.123. The summed E-state index contributed by atoms with van der Waals surface area (Å²) in [7, 11) is 0. The van der Waals surface area contributed by atoms with E-state index in [-0.39, 0.29) is 18.1 Å². The molecule has 0 aliphatic rings. The Balaban J connectivity index is 2.28. The second kappa shape index (κ2) is 3.52. The van der Waals surface area contributed by atoms with Crippen LogP contribution in [-0.2, 0) is 11.2 Å². The maximum atomic E-state index is 10.4. The van der Waals surface area contributed by atoms with Gasteiger partial charge in [-0.3, -0.25) is 4.79 Å². The molecule has 0 aliphatic carbocycles. The zero-order valence-corrected chi connectivity index (χ0v) is 7.80. The van der Waals surface area contributed by atoms with Crippen LogP contribution in [0.1, 0.15) is 11.5 Å². The third-order valence-corrected chi connectivity index (χ3v) is 1.76. The predicted octanol–water partition coefficient (Wildman–Crippen LogP) is 0.660. The van der Waals surface area contributed by atoms with Gasteiger partial charge in [0.15, 0.2) is 5.82 Å². The quantitative estimate of drug-likeness (QED) is 0.791. The Morgan fingerprint density at radius 2 is 2.33 bits per heavy atom. The highest BCUT2D eigenvalue weighted by Crippen LogP contribution is 2.20. The number of carbonyl (C=O) groups is 1. The first kappa shape index (κ1) is 9.38. The number of hydrogen-bond acceptors (Lipinski definition) is 6. The smallest absolute Gasteiger partial charge is 0.311 e. The van der Waals surface area contributed by atoms with Gasteiger partial charge >= 0.3 is 5.97 Å². The summed E-state index contributed by atoms with van der Waals surface area (Å²) in [5, 5.41) is 15.7. The van der Waals surface area contributed by atoms with Crippen molar-refractivity contribution in [1.82, 2.24) is 15.3 Å². The molecule has 2 aromatic heterocycles. The number of carboxylic acid groups (broad SMARTS) is 1. The molecule has 0 atom stereocenters. The van der Waals surface area contributed by atoms with Crippen LogP contribution in [0.4, 0.5) is 0 Å². The highest BCUT2D eigenvalue weighted by Gasteiger charge is 2.15. The van der Waals surface area contributed by atoms with E-state index in [1.54, 1.807) is 6.92 Å². The van der Waals surface area contributed by atoms with Crippen molar-refractivity contribution in [2.24, 2.45) is 0 Å². The number of aryl methyl sites for hydroxylation is 1. The maximum absolute atomic E-state index is 10.4. The van der Waals surface area contributed by atoms with Crippen LogP contribution in [0.5, 0.6) is 0 Å².